The Morgan fingerprint density at radius 1 is 0.356 bits per heavy atom. The minimum Gasteiger partial charge on any atom is -0.309 e. The van der Waals surface area contributed by atoms with Gasteiger partial charge in [0.1, 0.15) is 0 Å². The SMILES string of the molecule is c1ccc(N(c2cccc3ccccc23)c2cccc3sc4c5ccccc5c(-c5ccc6c(c5)C5(c7ccccc7-c7ccccc75)c5ccccc5-6)cc4c23)cc1. The highest BCUT2D eigenvalue weighted by Gasteiger charge is 2.51. The number of hydrogen-bond donors (Lipinski definition) is 0. The van der Waals surface area contributed by atoms with Gasteiger partial charge < -0.3 is 4.90 Å². The van der Waals surface area contributed by atoms with Gasteiger partial charge in [-0.1, -0.05) is 170 Å². The van der Waals surface area contributed by atoms with Gasteiger partial charge in [-0.05, 0) is 109 Å². The van der Waals surface area contributed by atoms with Crippen molar-refractivity contribution in [2.75, 3.05) is 4.90 Å². The van der Waals surface area contributed by atoms with Crippen molar-refractivity contribution in [3.8, 4) is 33.4 Å². The van der Waals surface area contributed by atoms with Crippen molar-refractivity contribution in [1.29, 1.82) is 0 Å². The standard InChI is InChI=1S/C57H35NS/c1-2-18-38(19-3-1)58(52-29-14-17-36-16-4-5-20-39(36)52)53-30-15-31-54-55(53)47-35-46(40-21-6-7-25-45(40)56(47)59-54)37-32-33-44-43-24-10-13-28-50(43)57(51(44)34-37)48-26-11-8-22-41(48)42-23-9-12-27-49(42)57/h1-35H. The topological polar surface area (TPSA) is 3.24 Å². The predicted octanol–water partition coefficient (Wildman–Crippen LogP) is 15.8. The van der Waals surface area contributed by atoms with Crippen LogP contribution < -0.4 is 4.90 Å². The second kappa shape index (κ2) is 12.4. The normalized spacial score (nSPS) is 13.2. The largest absolute Gasteiger partial charge is 0.309 e. The zero-order valence-corrected chi connectivity index (χ0v) is 32.9. The molecule has 1 nitrogen and oxygen atoms in total. The van der Waals surface area contributed by atoms with Crippen molar-refractivity contribution in [1.82, 2.24) is 0 Å². The first-order valence-corrected chi connectivity index (χ1v) is 21.2. The van der Waals surface area contributed by atoms with Crippen LogP contribution in [0.5, 0.6) is 0 Å². The van der Waals surface area contributed by atoms with Crippen LogP contribution in [0.4, 0.5) is 17.1 Å². The Hall–Kier alpha value is -7.26. The van der Waals surface area contributed by atoms with Crippen LogP contribution in [0.15, 0.2) is 212 Å². The molecule has 2 aliphatic carbocycles. The molecule has 0 aliphatic heterocycles. The van der Waals surface area contributed by atoms with E-state index in [9.17, 15) is 0 Å². The highest BCUT2D eigenvalue weighted by molar-refractivity contribution is 7.26. The number of thiophene rings is 1. The summed E-state index contributed by atoms with van der Waals surface area (Å²) in [7, 11) is 0. The number of hydrogen-bond acceptors (Lipinski definition) is 2. The molecule has 0 saturated carbocycles. The van der Waals surface area contributed by atoms with Crippen molar-refractivity contribution in [2.45, 2.75) is 5.41 Å². The van der Waals surface area contributed by atoms with Gasteiger partial charge in [0.25, 0.3) is 0 Å². The van der Waals surface area contributed by atoms with Crippen molar-refractivity contribution in [2.24, 2.45) is 0 Å². The van der Waals surface area contributed by atoms with Crippen LogP contribution in [0.1, 0.15) is 22.3 Å². The van der Waals surface area contributed by atoms with Crippen LogP contribution in [0.3, 0.4) is 0 Å². The number of benzene rings is 10. The molecule has 274 valence electrons. The zero-order chi connectivity index (χ0) is 38.7. The minimum atomic E-state index is -0.397. The summed E-state index contributed by atoms with van der Waals surface area (Å²) in [5.74, 6) is 0. The fraction of sp³-hybridized carbons (Fsp3) is 0.0175. The van der Waals surface area contributed by atoms with Crippen LogP contribution in [0, 0.1) is 0 Å². The van der Waals surface area contributed by atoms with E-state index in [4.69, 9.17) is 0 Å². The summed E-state index contributed by atoms with van der Waals surface area (Å²) in [6, 6.07) is 79.2. The summed E-state index contributed by atoms with van der Waals surface area (Å²) < 4.78 is 2.60. The number of nitrogens with zero attached hydrogens (tertiary/aromatic N) is 1. The first-order chi connectivity index (χ1) is 29.3. The maximum absolute atomic E-state index is 2.53. The lowest BCUT2D eigenvalue weighted by atomic mass is 9.70. The van der Waals surface area contributed by atoms with Gasteiger partial charge in [0.15, 0.2) is 0 Å². The molecule has 1 spiro atoms. The van der Waals surface area contributed by atoms with E-state index < -0.39 is 5.41 Å². The Morgan fingerprint density at radius 2 is 0.915 bits per heavy atom. The molecule has 0 N–H and O–H groups in total. The lowest BCUT2D eigenvalue weighted by Gasteiger charge is -2.30. The molecule has 0 fully saturated rings. The Kier molecular flexibility index (Phi) is 6.87. The van der Waals surface area contributed by atoms with Gasteiger partial charge in [0, 0.05) is 36.6 Å². The van der Waals surface area contributed by atoms with Crippen molar-refractivity contribution in [3.63, 3.8) is 0 Å². The molecule has 11 aromatic rings. The summed E-state index contributed by atoms with van der Waals surface area (Å²) in [5.41, 5.74) is 16.3. The molecule has 0 atom stereocenters. The Bertz CT molecular complexity index is 3450. The monoisotopic (exact) mass is 765 g/mol. The summed E-state index contributed by atoms with van der Waals surface area (Å²) in [6.45, 7) is 0. The van der Waals surface area contributed by atoms with Crippen LogP contribution in [-0.4, -0.2) is 0 Å². The average molecular weight is 766 g/mol. The van der Waals surface area contributed by atoms with Crippen LogP contribution in [0.25, 0.3) is 75.1 Å². The molecule has 0 bridgehead atoms. The lowest BCUT2D eigenvalue weighted by molar-refractivity contribution is 0.794. The maximum Gasteiger partial charge on any atom is 0.0725 e. The third-order valence-corrected chi connectivity index (χ3v) is 14.3. The molecule has 1 heterocycles. The molecule has 59 heavy (non-hydrogen) atoms. The van der Waals surface area contributed by atoms with Gasteiger partial charge in [0.2, 0.25) is 0 Å². The summed E-state index contributed by atoms with van der Waals surface area (Å²) in [6.07, 6.45) is 0. The van der Waals surface area contributed by atoms with Crippen LogP contribution in [-0.2, 0) is 5.41 Å². The maximum atomic E-state index is 2.53. The van der Waals surface area contributed by atoms with E-state index in [0.717, 1.165) is 5.69 Å². The number of fused-ring (bicyclic) bond motifs is 16. The second-order valence-electron chi connectivity index (χ2n) is 15.9. The smallest absolute Gasteiger partial charge is 0.0725 e. The first-order valence-electron chi connectivity index (χ1n) is 20.4. The molecule has 0 amide bonds. The van der Waals surface area contributed by atoms with Crippen molar-refractivity contribution in [3.05, 3.63) is 235 Å². The summed E-state index contributed by atoms with van der Waals surface area (Å²) >= 11 is 1.91. The van der Waals surface area contributed by atoms with Gasteiger partial charge in [-0.3, -0.25) is 0 Å². The van der Waals surface area contributed by atoms with Gasteiger partial charge in [-0.2, -0.15) is 0 Å². The lowest BCUT2D eigenvalue weighted by Crippen LogP contribution is -2.25. The summed E-state index contributed by atoms with van der Waals surface area (Å²) in [4.78, 5) is 2.47. The van der Waals surface area contributed by atoms with E-state index in [-0.39, 0.29) is 0 Å². The van der Waals surface area contributed by atoms with E-state index in [1.807, 2.05) is 11.3 Å². The number of anilines is 3. The van der Waals surface area contributed by atoms with Crippen molar-refractivity contribution < 1.29 is 0 Å². The van der Waals surface area contributed by atoms with E-state index >= 15 is 0 Å². The Labute approximate surface area is 346 Å². The molecular weight excluding hydrogens is 731 g/mol. The van der Waals surface area contributed by atoms with Crippen LogP contribution >= 0.6 is 11.3 Å². The quantitative estimate of drug-likeness (QED) is 0.172. The van der Waals surface area contributed by atoms with Gasteiger partial charge >= 0.3 is 0 Å². The Morgan fingerprint density at radius 3 is 1.64 bits per heavy atom. The molecule has 0 unspecified atom stereocenters. The molecule has 13 rings (SSSR count). The highest BCUT2D eigenvalue weighted by atomic mass is 32.1. The van der Waals surface area contributed by atoms with Gasteiger partial charge in [-0.15, -0.1) is 11.3 Å². The molecule has 0 radical (unpaired) electrons. The van der Waals surface area contributed by atoms with Crippen molar-refractivity contribution >= 4 is 70.1 Å². The molecular formula is C57H35NS. The van der Waals surface area contributed by atoms with Gasteiger partial charge in [-0.25, -0.2) is 0 Å². The first kappa shape index (κ1) is 32.8. The number of rotatable bonds is 4. The van der Waals surface area contributed by atoms with E-state index in [1.165, 1.54) is 109 Å². The van der Waals surface area contributed by atoms with E-state index in [1.54, 1.807) is 0 Å². The fourth-order valence-corrected chi connectivity index (χ4v) is 11.9. The molecule has 10 aromatic carbocycles. The highest BCUT2D eigenvalue weighted by Crippen LogP contribution is 2.63. The molecule has 2 aliphatic rings. The van der Waals surface area contributed by atoms with E-state index in [2.05, 4.69) is 217 Å². The molecule has 2 heteroatoms. The average Bonchev–Trinajstić information content (AvgIpc) is 3.94. The molecule has 0 saturated heterocycles. The minimum absolute atomic E-state index is 0.397. The fourth-order valence-electron chi connectivity index (χ4n) is 10.7. The van der Waals surface area contributed by atoms with Gasteiger partial charge in [0.05, 0.1) is 16.8 Å². The molecule has 1 aromatic heterocycles. The van der Waals surface area contributed by atoms with E-state index in [0.29, 0.717) is 0 Å². The third kappa shape index (κ3) is 4.44. The predicted molar refractivity (Wildman–Crippen MR) is 251 cm³/mol. The number of para-hydroxylation sites is 1. The Balaban J connectivity index is 1.10. The summed E-state index contributed by atoms with van der Waals surface area (Å²) in [5, 5.41) is 7.58. The third-order valence-electron chi connectivity index (χ3n) is 13.1. The second-order valence-corrected chi connectivity index (χ2v) is 17.0. The zero-order valence-electron chi connectivity index (χ0n) is 32.1. The van der Waals surface area contributed by atoms with Crippen LogP contribution in [0.2, 0.25) is 0 Å².